The summed E-state index contributed by atoms with van der Waals surface area (Å²) in [5.41, 5.74) is 2.57. The number of thiazole rings is 1. The van der Waals surface area contributed by atoms with Gasteiger partial charge in [-0.1, -0.05) is 41.7 Å². The van der Waals surface area contributed by atoms with E-state index in [0.29, 0.717) is 47.8 Å². The van der Waals surface area contributed by atoms with Gasteiger partial charge < -0.3 is 15.2 Å². The Morgan fingerprint density at radius 3 is 2.56 bits per heavy atom. The fourth-order valence-corrected chi connectivity index (χ4v) is 7.32. The number of para-hydroxylation sites is 1. The quantitative estimate of drug-likeness (QED) is 0.265. The van der Waals surface area contributed by atoms with Crippen molar-refractivity contribution in [3.8, 4) is 11.5 Å². The van der Waals surface area contributed by atoms with Crippen LogP contribution in [0.15, 0.2) is 87.8 Å². The lowest BCUT2D eigenvalue weighted by molar-refractivity contribution is -0.113. The van der Waals surface area contributed by atoms with E-state index in [9.17, 15) is 14.7 Å². The Morgan fingerprint density at radius 1 is 1.15 bits per heavy atom. The summed E-state index contributed by atoms with van der Waals surface area (Å²) in [6.45, 7) is 4.23. The Hall–Kier alpha value is -2.97. The van der Waals surface area contributed by atoms with Gasteiger partial charge in [0.05, 0.1) is 32.0 Å². The van der Waals surface area contributed by atoms with Crippen LogP contribution in [0, 0.1) is 7.14 Å². The van der Waals surface area contributed by atoms with Crippen LogP contribution in [0.5, 0.6) is 11.5 Å². The fraction of sp³-hybridized carbons (Fsp3) is 0.138. The van der Waals surface area contributed by atoms with E-state index < -0.39 is 6.04 Å². The predicted molar refractivity (Wildman–Crippen MR) is 170 cm³/mol. The third kappa shape index (κ3) is 5.68. The van der Waals surface area contributed by atoms with Gasteiger partial charge in [0, 0.05) is 14.8 Å². The van der Waals surface area contributed by atoms with Crippen molar-refractivity contribution in [2.24, 2.45) is 4.99 Å². The van der Waals surface area contributed by atoms with Crippen molar-refractivity contribution in [1.29, 1.82) is 0 Å². The molecule has 1 atom stereocenters. The Labute approximate surface area is 255 Å². The molecule has 0 fully saturated rings. The number of benzene rings is 3. The highest BCUT2D eigenvalue weighted by atomic mass is 127. The number of hydrogen-bond donors (Lipinski definition) is 2. The average molecular weight is 763 g/mol. The second-order valence-corrected chi connectivity index (χ2v) is 12.1. The zero-order valence-corrected chi connectivity index (χ0v) is 26.1. The number of nitrogens with zero attached hydrogens (tertiary/aromatic N) is 2. The summed E-state index contributed by atoms with van der Waals surface area (Å²) in [7, 11) is 0. The van der Waals surface area contributed by atoms with Crippen molar-refractivity contribution in [1.82, 2.24) is 4.57 Å². The van der Waals surface area contributed by atoms with Crippen molar-refractivity contribution in [3.05, 3.63) is 116 Å². The zero-order chi connectivity index (χ0) is 27.7. The SMILES string of the molecule is CCOc1ccc([C@H]2C(C(=O)Nc3ccccc3)=C(C)N=c3s/c(=C\c4cc(I)cc(I)c4O)c(=O)n32)cc1. The Bertz CT molecular complexity index is 1780. The Morgan fingerprint density at radius 2 is 1.87 bits per heavy atom. The highest BCUT2D eigenvalue weighted by molar-refractivity contribution is 14.1. The number of carbonyl (C=O) groups excluding carboxylic acids is 1. The second kappa shape index (κ2) is 11.6. The number of rotatable bonds is 6. The average Bonchev–Trinajstić information content (AvgIpc) is 3.21. The number of allylic oxidation sites excluding steroid dienone is 1. The minimum atomic E-state index is -0.701. The maximum Gasteiger partial charge on any atom is 0.271 e. The highest BCUT2D eigenvalue weighted by Gasteiger charge is 2.32. The minimum Gasteiger partial charge on any atom is -0.506 e. The summed E-state index contributed by atoms with van der Waals surface area (Å²) < 4.78 is 9.22. The lowest BCUT2D eigenvalue weighted by atomic mass is 9.95. The first kappa shape index (κ1) is 27.6. The van der Waals surface area contributed by atoms with E-state index in [0.717, 1.165) is 9.13 Å². The molecule has 10 heteroatoms. The summed E-state index contributed by atoms with van der Waals surface area (Å²) in [6.07, 6.45) is 1.68. The second-order valence-electron chi connectivity index (χ2n) is 8.73. The van der Waals surface area contributed by atoms with Crippen LogP contribution in [-0.4, -0.2) is 22.2 Å². The van der Waals surface area contributed by atoms with Crippen molar-refractivity contribution < 1.29 is 14.6 Å². The van der Waals surface area contributed by atoms with Gasteiger partial charge in [0.2, 0.25) is 0 Å². The molecule has 0 unspecified atom stereocenters. The minimum absolute atomic E-state index is 0.115. The monoisotopic (exact) mass is 763 g/mol. The van der Waals surface area contributed by atoms with Crippen LogP contribution >= 0.6 is 56.5 Å². The molecule has 39 heavy (non-hydrogen) atoms. The lowest BCUT2D eigenvalue weighted by Crippen LogP contribution is -2.40. The van der Waals surface area contributed by atoms with E-state index in [2.05, 4.69) is 55.5 Å². The highest BCUT2D eigenvalue weighted by Crippen LogP contribution is 2.32. The molecule has 1 aliphatic heterocycles. The number of phenols is 1. The van der Waals surface area contributed by atoms with Gasteiger partial charge in [0.25, 0.3) is 11.5 Å². The van der Waals surface area contributed by atoms with Crippen molar-refractivity contribution in [2.45, 2.75) is 19.9 Å². The number of anilines is 1. The fourth-order valence-electron chi connectivity index (χ4n) is 4.40. The maximum absolute atomic E-state index is 13.9. The largest absolute Gasteiger partial charge is 0.506 e. The third-order valence-corrected chi connectivity index (χ3v) is 8.58. The van der Waals surface area contributed by atoms with Gasteiger partial charge in [-0.3, -0.25) is 14.2 Å². The smallest absolute Gasteiger partial charge is 0.271 e. The normalized spacial score (nSPS) is 15.1. The summed E-state index contributed by atoms with van der Waals surface area (Å²) in [6, 6.07) is 19.6. The molecule has 198 valence electrons. The number of aromatic nitrogens is 1. The van der Waals surface area contributed by atoms with Crippen LogP contribution in [0.4, 0.5) is 5.69 Å². The third-order valence-electron chi connectivity index (χ3n) is 6.15. The van der Waals surface area contributed by atoms with Gasteiger partial charge in [-0.2, -0.15) is 0 Å². The number of carbonyl (C=O) groups is 1. The van der Waals surface area contributed by atoms with Crippen LogP contribution < -0.4 is 24.9 Å². The van der Waals surface area contributed by atoms with E-state index in [4.69, 9.17) is 4.74 Å². The molecule has 1 aromatic heterocycles. The molecule has 0 bridgehead atoms. The number of phenolic OH excluding ortho intramolecular Hbond substituents is 1. The molecule has 0 aliphatic carbocycles. The van der Waals surface area contributed by atoms with Gasteiger partial charge >= 0.3 is 0 Å². The number of amides is 1. The van der Waals surface area contributed by atoms with Gasteiger partial charge in [0.15, 0.2) is 4.80 Å². The number of fused-ring (bicyclic) bond motifs is 1. The molecule has 0 spiro atoms. The molecule has 2 heterocycles. The van der Waals surface area contributed by atoms with E-state index in [1.807, 2.05) is 73.7 Å². The number of hydrogen-bond acceptors (Lipinski definition) is 6. The number of ether oxygens (including phenoxy) is 1. The van der Waals surface area contributed by atoms with Crippen molar-refractivity contribution in [3.63, 3.8) is 0 Å². The Balaban J connectivity index is 1.68. The molecule has 0 radical (unpaired) electrons. The van der Waals surface area contributed by atoms with Crippen LogP contribution in [0.25, 0.3) is 6.08 Å². The molecular formula is C29H23I2N3O4S. The molecule has 3 aromatic carbocycles. The topological polar surface area (TPSA) is 92.9 Å². The van der Waals surface area contributed by atoms with Gasteiger partial charge in [0.1, 0.15) is 11.5 Å². The van der Waals surface area contributed by atoms with Crippen molar-refractivity contribution >= 4 is 74.2 Å². The molecule has 0 saturated carbocycles. The number of nitrogens with one attached hydrogen (secondary N) is 1. The molecule has 0 saturated heterocycles. The number of aromatic hydroxyl groups is 1. The standard InChI is InChI=1S/C29H23I2N3O4S/c1-3-38-21-11-9-17(10-12-21)25-24(27(36)33-20-7-5-4-6-8-20)16(2)32-29-34(25)28(37)23(39-29)14-18-13-19(30)15-22(31)26(18)35/h4-15,25,35H,3H2,1-2H3,(H,33,36)/b23-14-/t25-/m0/s1. The molecule has 5 rings (SSSR count). The molecule has 7 nitrogen and oxygen atoms in total. The summed E-state index contributed by atoms with van der Waals surface area (Å²) in [5, 5.41) is 13.6. The summed E-state index contributed by atoms with van der Waals surface area (Å²) in [5.74, 6) is 0.484. The van der Waals surface area contributed by atoms with Crippen molar-refractivity contribution in [2.75, 3.05) is 11.9 Å². The molecule has 4 aromatic rings. The molecule has 1 amide bonds. The molecule has 2 N–H and O–H groups in total. The number of halogens is 2. The zero-order valence-electron chi connectivity index (χ0n) is 20.9. The van der Waals surface area contributed by atoms with Gasteiger partial charge in [-0.05, 0) is 107 Å². The van der Waals surface area contributed by atoms with Crippen LogP contribution in [0.3, 0.4) is 0 Å². The first-order valence-corrected chi connectivity index (χ1v) is 15.0. The van der Waals surface area contributed by atoms with E-state index in [1.54, 1.807) is 17.6 Å². The van der Waals surface area contributed by atoms with Crippen LogP contribution in [0.2, 0.25) is 0 Å². The summed E-state index contributed by atoms with van der Waals surface area (Å²) >= 11 is 5.48. The van der Waals surface area contributed by atoms with Gasteiger partial charge in [-0.25, -0.2) is 4.99 Å². The van der Waals surface area contributed by atoms with Crippen LogP contribution in [0.1, 0.15) is 31.0 Å². The first-order chi connectivity index (χ1) is 18.8. The lowest BCUT2D eigenvalue weighted by Gasteiger charge is -2.25. The molecular weight excluding hydrogens is 740 g/mol. The first-order valence-electron chi connectivity index (χ1n) is 12.1. The summed E-state index contributed by atoms with van der Waals surface area (Å²) in [4.78, 5) is 32.7. The van der Waals surface area contributed by atoms with E-state index in [-0.39, 0.29) is 17.2 Å². The predicted octanol–water partition coefficient (Wildman–Crippen LogP) is 5.19. The molecule has 1 aliphatic rings. The van der Waals surface area contributed by atoms with Crippen LogP contribution in [-0.2, 0) is 4.79 Å². The van der Waals surface area contributed by atoms with Gasteiger partial charge in [-0.15, -0.1) is 0 Å². The van der Waals surface area contributed by atoms with E-state index >= 15 is 0 Å². The van der Waals surface area contributed by atoms with E-state index in [1.165, 1.54) is 11.3 Å². The Kier molecular flexibility index (Phi) is 8.24. The maximum atomic E-state index is 13.9.